The molecule has 29 heavy (non-hydrogen) atoms. The summed E-state index contributed by atoms with van der Waals surface area (Å²) in [6, 6.07) is 11.5. The predicted molar refractivity (Wildman–Crippen MR) is 110 cm³/mol. The molecular weight excluding hydrogens is 396 g/mol. The number of methoxy groups -OCH3 is 1. The fraction of sp³-hybridized carbons (Fsp3) is 0.286. The van der Waals surface area contributed by atoms with Crippen LogP contribution in [-0.4, -0.2) is 37.5 Å². The van der Waals surface area contributed by atoms with E-state index in [4.69, 9.17) is 21.1 Å². The maximum atomic E-state index is 12.1. The third kappa shape index (κ3) is 6.80. The van der Waals surface area contributed by atoms with Crippen molar-refractivity contribution in [1.29, 1.82) is 0 Å². The lowest BCUT2D eigenvalue weighted by molar-refractivity contribution is -0.147. The van der Waals surface area contributed by atoms with Crippen molar-refractivity contribution in [1.82, 2.24) is 5.32 Å². The highest BCUT2D eigenvalue weighted by molar-refractivity contribution is 6.31. The minimum atomic E-state index is -0.597. The van der Waals surface area contributed by atoms with E-state index in [9.17, 15) is 14.4 Å². The molecule has 0 aliphatic carbocycles. The van der Waals surface area contributed by atoms with Crippen molar-refractivity contribution in [3.05, 3.63) is 58.6 Å². The van der Waals surface area contributed by atoms with Crippen LogP contribution in [0.2, 0.25) is 5.02 Å². The molecule has 0 spiro atoms. The maximum Gasteiger partial charge on any atom is 0.308 e. The maximum absolute atomic E-state index is 12.1. The average molecular weight is 419 g/mol. The normalized spacial score (nSPS) is 11.3. The van der Waals surface area contributed by atoms with Gasteiger partial charge in [0.2, 0.25) is 0 Å². The molecule has 0 saturated carbocycles. The first-order valence-electron chi connectivity index (χ1n) is 8.95. The standard InChI is InChI=1S/C21H23ClN2O5/c1-13-9-17(18(28-3)11-16(13)22)24-19(25)12-29-20(26)10-14(2)23-21(27)15-7-5-4-6-8-15/h4-9,11,14H,10,12H2,1-3H3,(H,23,27)(H,24,25). The molecule has 2 aromatic rings. The minimum Gasteiger partial charge on any atom is -0.495 e. The van der Waals surface area contributed by atoms with Crippen LogP contribution in [0.25, 0.3) is 0 Å². The monoisotopic (exact) mass is 418 g/mol. The topological polar surface area (TPSA) is 93.7 Å². The molecule has 0 bridgehead atoms. The second kappa shape index (κ2) is 10.5. The van der Waals surface area contributed by atoms with E-state index in [1.54, 1.807) is 50.2 Å². The SMILES string of the molecule is COc1cc(Cl)c(C)cc1NC(=O)COC(=O)CC(C)NC(=O)c1ccccc1. The lowest BCUT2D eigenvalue weighted by atomic mass is 10.2. The molecular formula is C21H23ClN2O5. The van der Waals surface area contributed by atoms with Gasteiger partial charge < -0.3 is 20.1 Å². The third-order valence-corrected chi connectivity index (χ3v) is 4.41. The Morgan fingerprint density at radius 1 is 1.14 bits per heavy atom. The summed E-state index contributed by atoms with van der Waals surface area (Å²) in [7, 11) is 1.46. The molecule has 2 N–H and O–H groups in total. The zero-order valence-corrected chi connectivity index (χ0v) is 17.2. The molecule has 8 heteroatoms. The predicted octanol–water partition coefficient (Wildman–Crippen LogP) is 3.35. The van der Waals surface area contributed by atoms with E-state index in [-0.39, 0.29) is 12.3 Å². The van der Waals surface area contributed by atoms with Gasteiger partial charge in [0.1, 0.15) is 5.75 Å². The summed E-state index contributed by atoms with van der Waals surface area (Å²) in [5.41, 5.74) is 1.70. The van der Waals surface area contributed by atoms with Crippen LogP contribution in [0.15, 0.2) is 42.5 Å². The van der Waals surface area contributed by atoms with Crippen molar-refractivity contribution in [3.63, 3.8) is 0 Å². The molecule has 0 heterocycles. The van der Waals surface area contributed by atoms with Gasteiger partial charge in [0.05, 0.1) is 19.2 Å². The van der Waals surface area contributed by atoms with Gasteiger partial charge in [-0.05, 0) is 37.6 Å². The summed E-state index contributed by atoms with van der Waals surface area (Å²) >= 11 is 6.04. The summed E-state index contributed by atoms with van der Waals surface area (Å²) in [6.45, 7) is 3.02. The van der Waals surface area contributed by atoms with Gasteiger partial charge in [-0.3, -0.25) is 14.4 Å². The number of hydrogen-bond donors (Lipinski definition) is 2. The van der Waals surface area contributed by atoms with Crippen LogP contribution in [0, 0.1) is 6.92 Å². The molecule has 0 aliphatic heterocycles. The van der Waals surface area contributed by atoms with Gasteiger partial charge in [-0.1, -0.05) is 29.8 Å². The fourth-order valence-electron chi connectivity index (χ4n) is 2.52. The van der Waals surface area contributed by atoms with E-state index in [1.165, 1.54) is 7.11 Å². The van der Waals surface area contributed by atoms with E-state index in [0.717, 1.165) is 5.56 Å². The molecule has 0 aliphatic rings. The van der Waals surface area contributed by atoms with Crippen LogP contribution < -0.4 is 15.4 Å². The Bertz CT molecular complexity index is 886. The van der Waals surface area contributed by atoms with Gasteiger partial charge >= 0.3 is 5.97 Å². The van der Waals surface area contributed by atoms with Crippen molar-refractivity contribution in [2.45, 2.75) is 26.3 Å². The Kier molecular flexibility index (Phi) is 8.03. The van der Waals surface area contributed by atoms with Gasteiger partial charge in [-0.15, -0.1) is 0 Å². The molecule has 0 aromatic heterocycles. The second-order valence-corrected chi connectivity index (χ2v) is 6.86. The van der Waals surface area contributed by atoms with E-state index in [1.807, 2.05) is 6.07 Å². The number of amides is 2. The molecule has 0 saturated heterocycles. The molecule has 0 fully saturated rings. The number of rotatable bonds is 8. The van der Waals surface area contributed by atoms with Gasteiger partial charge in [-0.25, -0.2) is 0 Å². The van der Waals surface area contributed by atoms with Crippen LogP contribution in [0.1, 0.15) is 29.3 Å². The first-order chi connectivity index (χ1) is 13.8. The van der Waals surface area contributed by atoms with E-state index < -0.39 is 24.5 Å². The number of ether oxygens (including phenoxy) is 2. The number of carbonyl (C=O) groups is 3. The van der Waals surface area contributed by atoms with Crippen LogP contribution in [0.5, 0.6) is 5.75 Å². The first kappa shape index (κ1) is 22.2. The number of aryl methyl sites for hydroxylation is 1. The first-order valence-corrected chi connectivity index (χ1v) is 9.33. The Balaban J connectivity index is 1.80. The number of nitrogens with one attached hydrogen (secondary N) is 2. The smallest absolute Gasteiger partial charge is 0.308 e. The zero-order chi connectivity index (χ0) is 21.4. The van der Waals surface area contributed by atoms with Crippen molar-refractivity contribution in [2.75, 3.05) is 19.0 Å². The van der Waals surface area contributed by atoms with Crippen LogP contribution >= 0.6 is 11.6 Å². The number of anilines is 1. The Morgan fingerprint density at radius 3 is 2.48 bits per heavy atom. The molecule has 7 nitrogen and oxygen atoms in total. The lowest BCUT2D eigenvalue weighted by Crippen LogP contribution is -2.35. The number of hydrogen-bond acceptors (Lipinski definition) is 5. The highest BCUT2D eigenvalue weighted by atomic mass is 35.5. The summed E-state index contributed by atoms with van der Waals surface area (Å²) in [6.07, 6.45) is -0.0603. The van der Waals surface area contributed by atoms with Gasteiger partial charge in [-0.2, -0.15) is 0 Å². The van der Waals surface area contributed by atoms with Crippen molar-refractivity contribution in [2.24, 2.45) is 0 Å². The van der Waals surface area contributed by atoms with Gasteiger partial charge in [0.15, 0.2) is 6.61 Å². The molecule has 0 radical (unpaired) electrons. The summed E-state index contributed by atoms with van der Waals surface area (Å²) in [4.78, 5) is 36.1. The van der Waals surface area contributed by atoms with Crippen molar-refractivity contribution >= 4 is 35.1 Å². The van der Waals surface area contributed by atoms with E-state index in [2.05, 4.69) is 10.6 Å². The zero-order valence-electron chi connectivity index (χ0n) is 16.5. The highest BCUT2D eigenvalue weighted by Gasteiger charge is 2.16. The summed E-state index contributed by atoms with van der Waals surface area (Å²) in [5.74, 6) is -0.994. The number of carbonyl (C=O) groups excluding carboxylic acids is 3. The average Bonchev–Trinajstić information content (AvgIpc) is 2.69. The number of halogens is 1. The Hall–Kier alpha value is -3.06. The fourth-order valence-corrected chi connectivity index (χ4v) is 2.67. The van der Waals surface area contributed by atoms with Crippen LogP contribution in [0.4, 0.5) is 5.69 Å². The molecule has 154 valence electrons. The van der Waals surface area contributed by atoms with Crippen LogP contribution in [0.3, 0.4) is 0 Å². The molecule has 2 aromatic carbocycles. The van der Waals surface area contributed by atoms with Gasteiger partial charge in [0.25, 0.3) is 11.8 Å². The molecule has 1 atom stereocenters. The Morgan fingerprint density at radius 2 is 1.83 bits per heavy atom. The largest absolute Gasteiger partial charge is 0.495 e. The van der Waals surface area contributed by atoms with Crippen molar-refractivity contribution in [3.8, 4) is 5.75 Å². The Labute approximate surface area is 174 Å². The lowest BCUT2D eigenvalue weighted by Gasteiger charge is -2.14. The van der Waals surface area contributed by atoms with E-state index >= 15 is 0 Å². The van der Waals surface area contributed by atoms with Crippen LogP contribution in [-0.2, 0) is 14.3 Å². The quantitative estimate of drug-likeness (QED) is 0.641. The number of esters is 1. The second-order valence-electron chi connectivity index (χ2n) is 6.46. The van der Waals surface area contributed by atoms with E-state index in [0.29, 0.717) is 22.0 Å². The van der Waals surface area contributed by atoms with Crippen molar-refractivity contribution < 1.29 is 23.9 Å². The molecule has 1 unspecified atom stereocenters. The number of benzene rings is 2. The minimum absolute atomic E-state index is 0.0603. The highest BCUT2D eigenvalue weighted by Crippen LogP contribution is 2.30. The van der Waals surface area contributed by atoms with Gasteiger partial charge in [0, 0.05) is 22.7 Å². The molecule has 2 rings (SSSR count). The molecule has 2 amide bonds. The summed E-state index contributed by atoms with van der Waals surface area (Å²) < 4.78 is 10.2. The third-order valence-electron chi connectivity index (χ3n) is 4.01. The summed E-state index contributed by atoms with van der Waals surface area (Å²) in [5, 5.41) is 5.85.